The van der Waals surface area contributed by atoms with Crippen molar-refractivity contribution in [3.63, 3.8) is 0 Å². The van der Waals surface area contributed by atoms with E-state index in [1.54, 1.807) is 13.0 Å². The van der Waals surface area contributed by atoms with E-state index in [1.807, 2.05) is 41.8 Å². The molecule has 0 radical (unpaired) electrons. The molecule has 0 saturated heterocycles. The second-order valence-corrected chi connectivity index (χ2v) is 7.01. The van der Waals surface area contributed by atoms with Gasteiger partial charge in [0.05, 0.1) is 17.8 Å². The van der Waals surface area contributed by atoms with Gasteiger partial charge in [-0.3, -0.25) is 4.79 Å². The normalized spacial score (nSPS) is 12.0. The number of ether oxygens (including phenoxy) is 1. The standard InChI is InChI=1S/C19H16N4O5S/c1-12(16-20-21-17(27-16)13-6-3-2-4-7-13)26-15(24)9-10-23-19(25)28-18(22-23)14-8-5-11-29-14/h2-8,11-12H,9-10H2,1H3/t12-/m1/s1. The van der Waals surface area contributed by atoms with Gasteiger partial charge in [-0.05, 0) is 30.5 Å². The van der Waals surface area contributed by atoms with Gasteiger partial charge >= 0.3 is 11.7 Å². The number of hydrogen-bond donors (Lipinski definition) is 0. The van der Waals surface area contributed by atoms with Crippen LogP contribution in [0.15, 0.2) is 61.5 Å². The number of esters is 1. The van der Waals surface area contributed by atoms with Gasteiger partial charge in [0.15, 0.2) is 6.10 Å². The predicted molar refractivity (Wildman–Crippen MR) is 103 cm³/mol. The Morgan fingerprint density at radius 1 is 1.14 bits per heavy atom. The molecule has 9 nitrogen and oxygen atoms in total. The zero-order chi connectivity index (χ0) is 20.2. The Kier molecular flexibility index (Phi) is 5.34. The van der Waals surface area contributed by atoms with E-state index in [9.17, 15) is 9.59 Å². The Morgan fingerprint density at radius 3 is 2.72 bits per heavy atom. The number of aromatic nitrogens is 4. The molecule has 0 spiro atoms. The molecule has 148 valence electrons. The van der Waals surface area contributed by atoms with Crippen LogP contribution in [-0.2, 0) is 16.1 Å². The van der Waals surface area contributed by atoms with Crippen LogP contribution in [-0.4, -0.2) is 25.9 Å². The number of benzene rings is 1. The molecule has 0 aliphatic rings. The van der Waals surface area contributed by atoms with Crippen LogP contribution in [0.1, 0.15) is 25.3 Å². The van der Waals surface area contributed by atoms with Crippen LogP contribution in [0.2, 0.25) is 0 Å². The van der Waals surface area contributed by atoms with Crippen LogP contribution in [0, 0.1) is 0 Å². The first-order valence-electron chi connectivity index (χ1n) is 8.80. The summed E-state index contributed by atoms with van der Waals surface area (Å²) >= 11 is 1.41. The third kappa shape index (κ3) is 4.32. The lowest BCUT2D eigenvalue weighted by atomic mass is 10.2. The minimum absolute atomic E-state index is 0.0400. The molecule has 0 fully saturated rings. The van der Waals surface area contributed by atoms with E-state index < -0.39 is 17.8 Å². The number of carbonyl (C=O) groups excluding carboxylic acids is 1. The van der Waals surface area contributed by atoms with Crippen LogP contribution in [0.5, 0.6) is 0 Å². The average Bonchev–Trinajstić information content (AvgIpc) is 3.48. The van der Waals surface area contributed by atoms with Crippen molar-refractivity contribution in [3.05, 3.63) is 64.3 Å². The lowest BCUT2D eigenvalue weighted by Crippen LogP contribution is -2.19. The quantitative estimate of drug-likeness (QED) is 0.425. The summed E-state index contributed by atoms with van der Waals surface area (Å²) in [4.78, 5) is 24.8. The number of thiophene rings is 1. The highest BCUT2D eigenvalue weighted by Crippen LogP contribution is 2.23. The summed E-state index contributed by atoms with van der Waals surface area (Å²) in [6, 6.07) is 12.9. The average molecular weight is 412 g/mol. The second kappa shape index (κ2) is 8.23. The molecular weight excluding hydrogens is 396 g/mol. The molecule has 3 heterocycles. The monoisotopic (exact) mass is 412 g/mol. The van der Waals surface area contributed by atoms with Crippen LogP contribution in [0.3, 0.4) is 0 Å². The Bertz CT molecular complexity index is 1150. The van der Waals surface area contributed by atoms with Gasteiger partial charge in [0.2, 0.25) is 5.89 Å². The fraction of sp³-hybridized carbons (Fsp3) is 0.211. The first-order valence-corrected chi connectivity index (χ1v) is 9.68. The molecule has 0 N–H and O–H groups in total. The highest BCUT2D eigenvalue weighted by atomic mass is 32.1. The molecule has 1 aromatic carbocycles. The zero-order valence-corrected chi connectivity index (χ0v) is 16.2. The van der Waals surface area contributed by atoms with Crippen molar-refractivity contribution in [1.82, 2.24) is 20.0 Å². The molecule has 29 heavy (non-hydrogen) atoms. The van der Waals surface area contributed by atoms with Crippen LogP contribution < -0.4 is 5.76 Å². The number of rotatable bonds is 7. The summed E-state index contributed by atoms with van der Waals surface area (Å²) in [5.41, 5.74) is 0.775. The predicted octanol–water partition coefficient (Wildman–Crippen LogP) is 3.31. The van der Waals surface area contributed by atoms with Gasteiger partial charge in [-0.1, -0.05) is 24.3 Å². The Labute approximate surface area is 168 Å². The van der Waals surface area contributed by atoms with E-state index in [0.717, 1.165) is 15.1 Å². The summed E-state index contributed by atoms with van der Waals surface area (Å²) in [7, 11) is 0. The Morgan fingerprint density at radius 2 is 1.97 bits per heavy atom. The van der Waals surface area contributed by atoms with E-state index in [4.69, 9.17) is 13.6 Å². The molecule has 0 saturated carbocycles. The highest BCUT2D eigenvalue weighted by molar-refractivity contribution is 7.13. The van der Waals surface area contributed by atoms with Crippen molar-refractivity contribution < 1.29 is 18.4 Å². The summed E-state index contributed by atoms with van der Waals surface area (Å²) in [6.45, 7) is 1.68. The molecule has 10 heteroatoms. The summed E-state index contributed by atoms with van der Waals surface area (Å²) in [5, 5.41) is 13.9. The second-order valence-electron chi connectivity index (χ2n) is 6.07. The van der Waals surface area contributed by atoms with Gasteiger partial charge < -0.3 is 13.6 Å². The molecule has 4 aromatic rings. The molecule has 0 unspecified atom stereocenters. The van der Waals surface area contributed by atoms with Crippen molar-refractivity contribution in [2.24, 2.45) is 0 Å². The number of aryl methyl sites for hydroxylation is 1. The number of nitrogens with zero attached hydrogens (tertiary/aromatic N) is 4. The number of carbonyl (C=O) groups is 1. The van der Waals surface area contributed by atoms with Gasteiger partial charge in [-0.25, -0.2) is 4.79 Å². The molecular formula is C19H16N4O5S. The largest absolute Gasteiger partial charge is 0.453 e. The van der Waals surface area contributed by atoms with E-state index in [0.29, 0.717) is 5.89 Å². The van der Waals surface area contributed by atoms with Crippen LogP contribution in [0.4, 0.5) is 0 Å². The maximum absolute atomic E-state index is 12.1. The van der Waals surface area contributed by atoms with Crippen molar-refractivity contribution in [1.29, 1.82) is 0 Å². The van der Waals surface area contributed by atoms with Crippen molar-refractivity contribution >= 4 is 17.3 Å². The Hall–Kier alpha value is -3.53. The zero-order valence-electron chi connectivity index (χ0n) is 15.3. The lowest BCUT2D eigenvalue weighted by molar-refractivity contribution is -0.150. The first-order chi connectivity index (χ1) is 14.1. The van der Waals surface area contributed by atoms with Gasteiger partial charge in [0, 0.05) is 5.56 Å². The third-order valence-electron chi connectivity index (χ3n) is 3.98. The summed E-state index contributed by atoms with van der Waals surface area (Å²) in [5.74, 6) is -0.385. The van der Waals surface area contributed by atoms with Gasteiger partial charge in [-0.15, -0.1) is 26.6 Å². The highest BCUT2D eigenvalue weighted by Gasteiger charge is 2.20. The minimum atomic E-state index is -0.719. The smallest absolute Gasteiger partial charge is 0.437 e. The molecule has 0 aliphatic carbocycles. The lowest BCUT2D eigenvalue weighted by Gasteiger charge is -2.08. The van der Waals surface area contributed by atoms with E-state index in [1.165, 1.54) is 11.3 Å². The van der Waals surface area contributed by atoms with Crippen molar-refractivity contribution in [2.45, 2.75) is 26.0 Å². The van der Waals surface area contributed by atoms with Gasteiger partial charge in [0.1, 0.15) is 0 Å². The topological polar surface area (TPSA) is 113 Å². The van der Waals surface area contributed by atoms with Gasteiger partial charge in [0.25, 0.3) is 11.8 Å². The third-order valence-corrected chi connectivity index (χ3v) is 4.84. The van der Waals surface area contributed by atoms with Crippen LogP contribution in [0.25, 0.3) is 22.2 Å². The van der Waals surface area contributed by atoms with Crippen LogP contribution >= 0.6 is 11.3 Å². The maximum atomic E-state index is 12.1. The fourth-order valence-electron chi connectivity index (χ4n) is 2.55. The molecule has 4 rings (SSSR count). The van der Waals surface area contributed by atoms with Crippen molar-refractivity contribution in [3.8, 4) is 22.2 Å². The summed E-state index contributed by atoms with van der Waals surface area (Å²) in [6.07, 6.45) is -0.775. The molecule has 3 aromatic heterocycles. The van der Waals surface area contributed by atoms with E-state index in [2.05, 4.69) is 15.3 Å². The van der Waals surface area contributed by atoms with Gasteiger partial charge in [-0.2, -0.15) is 4.68 Å². The summed E-state index contributed by atoms with van der Waals surface area (Å²) < 4.78 is 17.1. The Balaban J connectivity index is 1.34. The number of hydrogen-bond acceptors (Lipinski definition) is 9. The fourth-order valence-corrected chi connectivity index (χ4v) is 3.19. The maximum Gasteiger partial charge on any atom is 0.437 e. The van der Waals surface area contributed by atoms with E-state index >= 15 is 0 Å². The SMILES string of the molecule is C[C@@H](OC(=O)CCn1nc(-c2cccs2)oc1=O)c1nnc(-c2ccccc2)o1. The molecule has 1 atom stereocenters. The molecule has 0 amide bonds. The first kappa shape index (κ1) is 18.8. The van der Waals surface area contributed by atoms with E-state index in [-0.39, 0.29) is 24.7 Å². The molecule has 0 aliphatic heterocycles. The van der Waals surface area contributed by atoms with Crippen molar-refractivity contribution in [2.75, 3.05) is 0 Å². The minimum Gasteiger partial charge on any atom is -0.453 e. The molecule has 0 bridgehead atoms.